The molecule has 1 aliphatic heterocycles. The SMILES string of the molecule is CCc1nnc([C@H]2C(=N)S/C(=C\c3cc(C)n(-c4ccc(F)cc4)c3C)C2=O)s1. The first-order valence-corrected chi connectivity index (χ1v) is 10.8. The standard InChI is InChI=1S/C21H19FN4OS2/c1-4-17-24-25-21(29-17)18-19(27)16(28-20(18)23)10-13-9-11(2)26(12(13)3)15-7-5-14(22)6-8-15/h5-10,18,23H,4H2,1-3H3/b16-10-,23-20?/t18-/m1/s1. The largest absolute Gasteiger partial charge is 0.318 e. The number of benzene rings is 1. The van der Waals surface area contributed by atoms with E-state index < -0.39 is 5.92 Å². The van der Waals surface area contributed by atoms with Gasteiger partial charge in [0.25, 0.3) is 0 Å². The number of rotatable bonds is 4. The fourth-order valence-corrected chi connectivity index (χ4v) is 5.35. The van der Waals surface area contributed by atoms with Gasteiger partial charge in [-0.05, 0) is 62.2 Å². The van der Waals surface area contributed by atoms with Crippen LogP contribution in [0.2, 0.25) is 0 Å². The predicted octanol–water partition coefficient (Wildman–Crippen LogP) is 5.07. The lowest BCUT2D eigenvalue weighted by atomic mass is 10.1. The first kappa shape index (κ1) is 19.7. The molecule has 3 heterocycles. The summed E-state index contributed by atoms with van der Waals surface area (Å²) in [6.45, 7) is 5.93. The van der Waals surface area contributed by atoms with Crippen molar-refractivity contribution in [3.8, 4) is 5.69 Å². The third kappa shape index (κ3) is 3.58. The van der Waals surface area contributed by atoms with Gasteiger partial charge in [0.15, 0.2) is 5.78 Å². The number of hydrogen-bond acceptors (Lipinski definition) is 6. The first-order chi connectivity index (χ1) is 13.9. The molecule has 148 valence electrons. The number of hydrogen-bond donors (Lipinski definition) is 1. The molecule has 29 heavy (non-hydrogen) atoms. The zero-order valence-corrected chi connectivity index (χ0v) is 17.8. The van der Waals surface area contributed by atoms with Crippen molar-refractivity contribution in [1.82, 2.24) is 14.8 Å². The molecule has 3 aromatic rings. The van der Waals surface area contributed by atoms with Crippen LogP contribution in [0.5, 0.6) is 0 Å². The minimum absolute atomic E-state index is 0.106. The lowest BCUT2D eigenvalue weighted by Gasteiger charge is -2.09. The maximum atomic E-state index is 13.3. The molecule has 0 bridgehead atoms. The van der Waals surface area contributed by atoms with Gasteiger partial charge < -0.3 is 4.57 Å². The van der Waals surface area contributed by atoms with Crippen molar-refractivity contribution in [2.75, 3.05) is 0 Å². The van der Waals surface area contributed by atoms with Crippen LogP contribution in [0.1, 0.15) is 39.8 Å². The van der Waals surface area contributed by atoms with Crippen LogP contribution in [0.15, 0.2) is 35.2 Å². The second kappa shape index (κ2) is 7.68. The molecule has 8 heteroatoms. The van der Waals surface area contributed by atoms with Gasteiger partial charge in [0.05, 0.1) is 9.95 Å². The summed E-state index contributed by atoms with van der Waals surface area (Å²) in [6, 6.07) is 8.32. The first-order valence-electron chi connectivity index (χ1n) is 9.18. The number of aromatic nitrogens is 3. The number of halogens is 1. The molecule has 0 spiro atoms. The van der Waals surface area contributed by atoms with Crippen molar-refractivity contribution in [3.05, 3.63) is 68.0 Å². The van der Waals surface area contributed by atoms with Gasteiger partial charge in [-0.15, -0.1) is 21.5 Å². The highest BCUT2D eigenvalue weighted by Gasteiger charge is 2.39. The molecular weight excluding hydrogens is 407 g/mol. The molecular formula is C21H19FN4OS2. The minimum Gasteiger partial charge on any atom is -0.318 e. The molecule has 0 aliphatic carbocycles. The topological polar surface area (TPSA) is 71.6 Å². The van der Waals surface area contributed by atoms with E-state index in [-0.39, 0.29) is 16.6 Å². The lowest BCUT2D eigenvalue weighted by Crippen LogP contribution is -2.11. The van der Waals surface area contributed by atoms with Crippen LogP contribution in [0.4, 0.5) is 4.39 Å². The summed E-state index contributed by atoms with van der Waals surface area (Å²) >= 11 is 2.58. The van der Waals surface area contributed by atoms with Gasteiger partial charge in [-0.2, -0.15) is 0 Å². The van der Waals surface area contributed by atoms with E-state index in [0.29, 0.717) is 9.91 Å². The smallest absolute Gasteiger partial charge is 0.186 e. The number of carbonyl (C=O) groups excluding carboxylic acids is 1. The van der Waals surface area contributed by atoms with Gasteiger partial charge in [0, 0.05) is 17.1 Å². The van der Waals surface area contributed by atoms with E-state index in [2.05, 4.69) is 10.2 Å². The van der Waals surface area contributed by atoms with Gasteiger partial charge in [-0.25, -0.2) is 4.39 Å². The molecule has 1 atom stereocenters. The van der Waals surface area contributed by atoms with Crippen LogP contribution in [0, 0.1) is 25.1 Å². The molecule has 0 unspecified atom stereocenters. The van der Waals surface area contributed by atoms with E-state index >= 15 is 0 Å². The molecule has 4 rings (SSSR count). The Bertz CT molecular complexity index is 1140. The van der Waals surface area contributed by atoms with Crippen molar-refractivity contribution >= 4 is 40.0 Å². The third-order valence-electron chi connectivity index (χ3n) is 4.86. The van der Waals surface area contributed by atoms with Crippen LogP contribution in [-0.4, -0.2) is 25.6 Å². The van der Waals surface area contributed by atoms with Crippen LogP contribution in [0.3, 0.4) is 0 Å². The van der Waals surface area contributed by atoms with E-state index in [9.17, 15) is 9.18 Å². The van der Waals surface area contributed by atoms with Gasteiger partial charge >= 0.3 is 0 Å². The molecule has 1 aliphatic rings. The molecule has 0 radical (unpaired) electrons. The van der Waals surface area contributed by atoms with Crippen molar-refractivity contribution < 1.29 is 9.18 Å². The molecule has 1 saturated heterocycles. The number of thioether (sulfide) groups is 1. The van der Waals surface area contributed by atoms with Crippen molar-refractivity contribution in [2.45, 2.75) is 33.1 Å². The maximum absolute atomic E-state index is 13.3. The van der Waals surface area contributed by atoms with Crippen molar-refractivity contribution in [1.29, 1.82) is 5.41 Å². The van der Waals surface area contributed by atoms with Crippen LogP contribution in [-0.2, 0) is 11.2 Å². The summed E-state index contributed by atoms with van der Waals surface area (Å²) < 4.78 is 15.3. The average Bonchev–Trinajstić information content (AvgIpc) is 3.34. The Morgan fingerprint density at radius 1 is 1.24 bits per heavy atom. The Morgan fingerprint density at radius 2 is 1.97 bits per heavy atom. The summed E-state index contributed by atoms with van der Waals surface area (Å²) in [7, 11) is 0. The molecule has 2 aromatic heterocycles. The highest BCUT2D eigenvalue weighted by molar-refractivity contribution is 8.19. The number of Topliss-reactive ketones (excluding diaryl/α,β-unsaturated/α-hetero) is 1. The predicted molar refractivity (Wildman–Crippen MR) is 116 cm³/mol. The monoisotopic (exact) mass is 426 g/mol. The van der Waals surface area contributed by atoms with E-state index in [0.717, 1.165) is 34.1 Å². The van der Waals surface area contributed by atoms with Gasteiger partial charge in [-0.3, -0.25) is 10.2 Å². The van der Waals surface area contributed by atoms with E-state index in [1.54, 1.807) is 12.1 Å². The molecule has 0 amide bonds. The van der Waals surface area contributed by atoms with E-state index in [1.165, 1.54) is 35.2 Å². The van der Waals surface area contributed by atoms with Crippen LogP contribution < -0.4 is 0 Å². The normalized spacial score (nSPS) is 18.2. The highest BCUT2D eigenvalue weighted by atomic mass is 32.2. The third-order valence-corrected chi connectivity index (χ3v) is 6.99. The molecule has 5 nitrogen and oxygen atoms in total. The quantitative estimate of drug-likeness (QED) is 0.592. The highest BCUT2D eigenvalue weighted by Crippen LogP contribution is 2.42. The number of ketones is 1. The second-order valence-electron chi connectivity index (χ2n) is 6.80. The van der Waals surface area contributed by atoms with E-state index in [1.807, 2.05) is 37.5 Å². The zero-order valence-electron chi connectivity index (χ0n) is 16.2. The van der Waals surface area contributed by atoms with Crippen molar-refractivity contribution in [2.24, 2.45) is 0 Å². The number of aryl methyl sites for hydroxylation is 2. The maximum Gasteiger partial charge on any atom is 0.186 e. The Kier molecular flexibility index (Phi) is 5.23. The Balaban J connectivity index is 1.68. The fourth-order valence-electron chi connectivity index (χ4n) is 3.40. The Labute approximate surface area is 176 Å². The number of nitrogens with one attached hydrogen (secondary N) is 1. The summed E-state index contributed by atoms with van der Waals surface area (Å²) in [5, 5.41) is 18.2. The Hall–Kier alpha value is -2.58. The number of nitrogens with zero attached hydrogens (tertiary/aromatic N) is 3. The molecule has 0 saturated carbocycles. The number of allylic oxidation sites excluding steroid dienone is 1. The minimum atomic E-state index is -0.648. The van der Waals surface area contributed by atoms with Gasteiger partial charge in [0.2, 0.25) is 0 Å². The van der Waals surface area contributed by atoms with E-state index in [4.69, 9.17) is 5.41 Å². The van der Waals surface area contributed by atoms with Crippen LogP contribution in [0.25, 0.3) is 11.8 Å². The summed E-state index contributed by atoms with van der Waals surface area (Å²) in [5.74, 6) is -1.03. The summed E-state index contributed by atoms with van der Waals surface area (Å²) in [6.07, 6.45) is 2.60. The van der Waals surface area contributed by atoms with Gasteiger partial charge in [-0.1, -0.05) is 18.7 Å². The molecule has 1 N–H and O–H groups in total. The Morgan fingerprint density at radius 3 is 2.62 bits per heavy atom. The lowest BCUT2D eigenvalue weighted by molar-refractivity contribution is -0.114. The zero-order chi connectivity index (χ0) is 20.7. The number of carbonyl (C=O) groups is 1. The molecule has 1 aromatic carbocycles. The van der Waals surface area contributed by atoms with Crippen molar-refractivity contribution in [3.63, 3.8) is 0 Å². The summed E-state index contributed by atoms with van der Waals surface area (Å²) in [4.78, 5) is 13.5. The molecule has 1 fully saturated rings. The second-order valence-corrected chi connectivity index (χ2v) is 8.98. The van der Waals surface area contributed by atoms with Gasteiger partial charge in [0.1, 0.15) is 21.8 Å². The average molecular weight is 427 g/mol. The fraction of sp³-hybridized carbons (Fsp3) is 0.238. The van der Waals surface area contributed by atoms with Crippen LogP contribution >= 0.6 is 23.1 Å². The summed E-state index contributed by atoms with van der Waals surface area (Å²) in [5.41, 5.74) is 3.71.